The second-order valence-electron chi connectivity index (χ2n) is 6.15. The molecular formula is C17H24N2O2S. The molecule has 120 valence electrons. The van der Waals surface area contributed by atoms with Crippen molar-refractivity contribution in [3.63, 3.8) is 0 Å². The van der Waals surface area contributed by atoms with Gasteiger partial charge >= 0.3 is 0 Å². The van der Waals surface area contributed by atoms with Gasteiger partial charge in [-0.25, -0.2) is 0 Å². The molecule has 0 radical (unpaired) electrons. The summed E-state index contributed by atoms with van der Waals surface area (Å²) >= 11 is 1.71. The first kappa shape index (κ1) is 15.7. The molecule has 0 spiro atoms. The zero-order chi connectivity index (χ0) is 15.4. The molecule has 22 heavy (non-hydrogen) atoms. The van der Waals surface area contributed by atoms with Gasteiger partial charge in [0.05, 0.1) is 7.11 Å². The van der Waals surface area contributed by atoms with Crippen molar-refractivity contribution in [2.75, 3.05) is 12.9 Å². The van der Waals surface area contributed by atoms with Crippen molar-refractivity contribution in [2.45, 2.75) is 55.1 Å². The Bertz CT molecular complexity index is 494. The van der Waals surface area contributed by atoms with Gasteiger partial charge in [-0.3, -0.25) is 4.79 Å². The van der Waals surface area contributed by atoms with Crippen LogP contribution in [0.2, 0.25) is 0 Å². The van der Waals surface area contributed by atoms with E-state index in [2.05, 4.69) is 10.6 Å². The number of piperidine rings is 1. The molecule has 2 unspecified atom stereocenters. The molecule has 2 bridgehead atoms. The summed E-state index contributed by atoms with van der Waals surface area (Å²) in [5.41, 5.74) is 0. The van der Waals surface area contributed by atoms with E-state index in [1.54, 1.807) is 18.9 Å². The van der Waals surface area contributed by atoms with Crippen molar-refractivity contribution in [1.29, 1.82) is 0 Å². The quantitative estimate of drug-likeness (QED) is 0.791. The second-order valence-corrected chi connectivity index (χ2v) is 7.32. The SMILES string of the molecule is COc1ccc(SCCC(=O)NC2CC3CCC(C2)N3)cc1. The number of methoxy groups -OCH3 is 1. The molecule has 2 aliphatic rings. The zero-order valence-electron chi connectivity index (χ0n) is 13.0. The maximum Gasteiger partial charge on any atom is 0.221 e. The molecule has 0 aromatic heterocycles. The van der Waals surface area contributed by atoms with Gasteiger partial charge in [0.15, 0.2) is 0 Å². The van der Waals surface area contributed by atoms with Crippen molar-refractivity contribution >= 4 is 17.7 Å². The number of nitrogens with one attached hydrogen (secondary N) is 2. The van der Waals surface area contributed by atoms with Crippen molar-refractivity contribution in [2.24, 2.45) is 0 Å². The van der Waals surface area contributed by atoms with Gasteiger partial charge in [-0.15, -0.1) is 11.8 Å². The van der Waals surface area contributed by atoms with Gasteiger partial charge in [0.1, 0.15) is 5.75 Å². The fourth-order valence-corrected chi connectivity index (χ4v) is 4.26. The Morgan fingerprint density at radius 2 is 1.95 bits per heavy atom. The minimum atomic E-state index is 0.187. The lowest BCUT2D eigenvalue weighted by Gasteiger charge is -2.29. The Labute approximate surface area is 136 Å². The highest BCUT2D eigenvalue weighted by Crippen LogP contribution is 2.27. The molecule has 4 nitrogen and oxygen atoms in total. The molecule has 2 fully saturated rings. The topological polar surface area (TPSA) is 50.4 Å². The molecule has 1 aromatic rings. The van der Waals surface area contributed by atoms with Gasteiger partial charge in [-0.1, -0.05) is 0 Å². The predicted octanol–water partition coefficient (Wildman–Crippen LogP) is 2.58. The van der Waals surface area contributed by atoms with Crippen LogP contribution in [-0.4, -0.2) is 36.9 Å². The lowest BCUT2D eigenvalue weighted by Crippen LogP contribution is -2.48. The maximum atomic E-state index is 12.1. The van der Waals surface area contributed by atoms with E-state index in [9.17, 15) is 4.79 Å². The Hall–Kier alpha value is -1.20. The van der Waals surface area contributed by atoms with Crippen LogP contribution >= 0.6 is 11.8 Å². The molecule has 3 rings (SSSR count). The van der Waals surface area contributed by atoms with Crippen LogP contribution in [0.25, 0.3) is 0 Å². The van der Waals surface area contributed by atoms with Crippen LogP contribution in [0.4, 0.5) is 0 Å². The Balaban J connectivity index is 1.37. The summed E-state index contributed by atoms with van der Waals surface area (Å²) in [6.07, 6.45) is 5.30. The Kier molecular flexibility index (Phi) is 5.26. The lowest BCUT2D eigenvalue weighted by atomic mass is 10.00. The fraction of sp³-hybridized carbons (Fsp3) is 0.588. The summed E-state index contributed by atoms with van der Waals surface area (Å²) in [6, 6.07) is 9.59. The third-order valence-electron chi connectivity index (χ3n) is 4.50. The summed E-state index contributed by atoms with van der Waals surface area (Å²) in [4.78, 5) is 13.2. The van der Waals surface area contributed by atoms with Crippen LogP contribution < -0.4 is 15.4 Å². The zero-order valence-corrected chi connectivity index (χ0v) is 13.8. The van der Waals surface area contributed by atoms with E-state index in [4.69, 9.17) is 4.74 Å². The normalized spacial score (nSPS) is 26.7. The summed E-state index contributed by atoms with van der Waals surface area (Å²) in [7, 11) is 1.67. The highest BCUT2D eigenvalue weighted by Gasteiger charge is 2.33. The van der Waals surface area contributed by atoms with Crippen molar-refractivity contribution in [1.82, 2.24) is 10.6 Å². The third kappa shape index (κ3) is 4.17. The van der Waals surface area contributed by atoms with Gasteiger partial charge in [0.2, 0.25) is 5.91 Å². The highest BCUT2D eigenvalue weighted by molar-refractivity contribution is 7.99. The van der Waals surface area contributed by atoms with Gasteiger partial charge < -0.3 is 15.4 Å². The van der Waals surface area contributed by atoms with Crippen LogP contribution in [0.5, 0.6) is 5.75 Å². The van der Waals surface area contributed by atoms with E-state index in [1.165, 1.54) is 17.7 Å². The van der Waals surface area contributed by atoms with Crippen molar-refractivity contribution in [3.05, 3.63) is 24.3 Å². The highest BCUT2D eigenvalue weighted by atomic mass is 32.2. The fourth-order valence-electron chi connectivity index (χ4n) is 3.41. The number of hydrogen-bond acceptors (Lipinski definition) is 4. The first-order valence-corrected chi connectivity index (χ1v) is 9.04. The smallest absolute Gasteiger partial charge is 0.221 e. The van der Waals surface area contributed by atoms with Gasteiger partial charge in [0, 0.05) is 35.2 Å². The summed E-state index contributed by atoms with van der Waals surface area (Å²) in [5.74, 6) is 1.87. The Morgan fingerprint density at radius 1 is 1.27 bits per heavy atom. The first-order valence-electron chi connectivity index (χ1n) is 8.05. The molecule has 2 saturated heterocycles. The van der Waals surface area contributed by atoms with Crippen LogP contribution in [-0.2, 0) is 4.79 Å². The predicted molar refractivity (Wildman–Crippen MR) is 89.4 cm³/mol. The largest absolute Gasteiger partial charge is 0.497 e. The summed E-state index contributed by atoms with van der Waals surface area (Å²) < 4.78 is 5.14. The number of hydrogen-bond donors (Lipinski definition) is 2. The molecule has 2 heterocycles. The number of amides is 1. The van der Waals surface area contributed by atoms with Gasteiger partial charge in [-0.2, -0.15) is 0 Å². The number of ether oxygens (including phenoxy) is 1. The van der Waals surface area contributed by atoms with E-state index >= 15 is 0 Å². The molecule has 2 N–H and O–H groups in total. The van der Waals surface area contributed by atoms with E-state index in [1.807, 2.05) is 24.3 Å². The van der Waals surface area contributed by atoms with Crippen LogP contribution in [0.1, 0.15) is 32.1 Å². The van der Waals surface area contributed by atoms with Gasteiger partial charge in [-0.05, 0) is 49.9 Å². The average molecular weight is 320 g/mol. The Morgan fingerprint density at radius 3 is 2.59 bits per heavy atom. The van der Waals surface area contributed by atoms with E-state index in [0.29, 0.717) is 24.5 Å². The number of carbonyl (C=O) groups is 1. The monoisotopic (exact) mass is 320 g/mol. The molecule has 0 saturated carbocycles. The molecule has 2 aliphatic heterocycles. The molecule has 5 heteroatoms. The minimum absolute atomic E-state index is 0.187. The first-order chi connectivity index (χ1) is 10.7. The van der Waals surface area contributed by atoms with E-state index < -0.39 is 0 Å². The molecule has 2 atom stereocenters. The van der Waals surface area contributed by atoms with Crippen LogP contribution in [0.15, 0.2) is 29.2 Å². The van der Waals surface area contributed by atoms with E-state index in [0.717, 1.165) is 24.3 Å². The van der Waals surface area contributed by atoms with Gasteiger partial charge in [0.25, 0.3) is 0 Å². The minimum Gasteiger partial charge on any atom is -0.497 e. The number of carbonyl (C=O) groups excluding carboxylic acids is 1. The standard InChI is InChI=1S/C17H24N2O2S/c1-21-15-4-6-16(7-5-15)22-9-8-17(20)19-14-10-12-2-3-13(11-14)18-12/h4-7,12-14,18H,2-3,8-11H2,1H3,(H,19,20). The number of fused-ring (bicyclic) bond motifs is 2. The summed E-state index contributed by atoms with van der Waals surface area (Å²) in [6.45, 7) is 0. The second kappa shape index (κ2) is 7.38. The average Bonchev–Trinajstić information content (AvgIpc) is 2.87. The number of rotatable bonds is 6. The molecule has 1 amide bonds. The molecular weight excluding hydrogens is 296 g/mol. The number of benzene rings is 1. The molecule has 1 aromatic carbocycles. The van der Waals surface area contributed by atoms with Crippen molar-refractivity contribution in [3.8, 4) is 5.75 Å². The summed E-state index contributed by atoms with van der Waals surface area (Å²) in [5, 5.41) is 6.81. The van der Waals surface area contributed by atoms with Crippen LogP contribution in [0, 0.1) is 0 Å². The van der Waals surface area contributed by atoms with Crippen molar-refractivity contribution < 1.29 is 9.53 Å². The third-order valence-corrected chi connectivity index (χ3v) is 5.51. The molecule has 0 aliphatic carbocycles. The van der Waals surface area contributed by atoms with E-state index in [-0.39, 0.29) is 5.91 Å². The maximum absolute atomic E-state index is 12.1. The van der Waals surface area contributed by atoms with Crippen LogP contribution in [0.3, 0.4) is 0 Å². The lowest BCUT2D eigenvalue weighted by molar-refractivity contribution is -0.121. The number of thioether (sulfide) groups is 1.